The van der Waals surface area contributed by atoms with Crippen molar-refractivity contribution in [2.45, 2.75) is 62.8 Å². The van der Waals surface area contributed by atoms with Gasteiger partial charge in [0.2, 0.25) is 11.7 Å². The zero-order valence-electron chi connectivity index (χ0n) is 32.7. The number of ether oxygens (including phenoxy) is 3. The van der Waals surface area contributed by atoms with Gasteiger partial charge in [-0.1, -0.05) is 60.7 Å². The van der Waals surface area contributed by atoms with Gasteiger partial charge < -0.3 is 39.2 Å². The highest BCUT2D eigenvalue weighted by molar-refractivity contribution is 6.17. The molecule has 1 aromatic heterocycles. The minimum atomic E-state index is -5.21. The molecule has 1 saturated heterocycles. The number of halogens is 3. The number of nitrogens with one attached hydrogen (secondary N) is 1. The molecule has 4 aromatic rings. The number of aromatic nitrogens is 1. The normalized spacial score (nSPS) is 23.4. The molecule has 1 aliphatic heterocycles. The highest BCUT2D eigenvalue weighted by Gasteiger charge is 2.64. The maximum absolute atomic E-state index is 15.0. The number of aliphatic hydroxyl groups excluding tert-OH is 1. The summed E-state index contributed by atoms with van der Waals surface area (Å²) in [6, 6.07) is 17.0. The summed E-state index contributed by atoms with van der Waals surface area (Å²) in [5.41, 5.74) is -1.62. The lowest BCUT2D eigenvalue weighted by Gasteiger charge is -2.49. The number of methoxy groups -OCH3 is 1. The van der Waals surface area contributed by atoms with Crippen molar-refractivity contribution in [3.8, 4) is 17.4 Å². The molecule has 3 N–H and O–H groups in total. The second-order valence-electron chi connectivity index (χ2n) is 15.6. The van der Waals surface area contributed by atoms with Crippen LogP contribution in [0.4, 0.5) is 18.9 Å². The fourth-order valence-electron chi connectivity index (χ4n) is 9.09. The van der Waals surface area contributed by atoms with Gasteiger partial charge in [-0.05, 0) is 62.0 Å². The third kappa shape index (κ3) is 6.74. The second kappa shape index (κ2) is 15.4. The summed E-state index contributed by atoms with van der Waals surface area (Å²) in [4.78, 5) is 57.9. The van der Waals surface area contributed by atoms with Crippen molar-refractivity contribution in [2.24, 2.45) is 11.8 Å². The second-order valence-corrected chi connectivity index (χ2v) is 15.6. The van der Waals surface area contributed by atoms with Gasteiger partial charge in [-0.2, -0.15) is 13.2 Å². The lowest BCUT2D eigenvalue weighted by atomic mass is 9.58. The smallest absolute Gasteiger partial charge is 0.471 e. The number of carbonyl (C=O) groups is 4. The molecule has 2 heterocycles. The quantitative estimate of drug-likeness (QED) is 0.176. The first-order valence-electron chi connectivity index (χ1n) is 19.3. The van der Waals surface area contributed by atoms with Crippen LogP contribution in [0.5, 0.6) is 17.4 Å². The van der Waals surface area contributed by atoms with Gasteiger partial charge in [0.15, 0.2) is 22.9 Å². The largest absolute Gasteiger partial charge is 0.508 e. The van der Waals surface area contributed by atoms with Crippen molar-refractivity contribution in [3.63, 3.8) is 0 Å². The minimum Gasteiger partial charge on any atom is -0.508 e. The van der Waals surface area contributed by atoms with Crippen LogP contribution in [0, 0.1) is 11.8 Å². The van der Waals surface area contributed by atoms with E-state index in [9.17, 15) is 37.8 Å². The van der Waals surface area contributed by atoms with Crippen LogP contribution in [0.15, 0.2) is 82.6 Å². The molecule has 0 bridgehead atoms. The van der Waals surface area contributed by atoms with Crippen molar-refractivity contribution >= 4 is 29.1 Å². The van der Waals surface area contributed by atoms with Crippen molar-refractivity contribution in [3.05, 3.63) is 112 Å². The summed E-state index contributed by atoms with van der Waals surface area (Å²) in [6.45, 7) is -0.415. The Morgan fingerprint density at radius 2 is 1.67 bits per heavy atom. The van der Waals surface area contributed by atoms with E-state index in [0.717, 1.165) is 5.56 Å². The maximum atomic E-state index is 15.0. The minimum absolute atomic E-state index is 0.00980. The maximum Gasteiger partial charge on any atom is 0.471 e. The standard InChI is InChI=1S/C43H41F3N4O10/c1-49(2)33-26-18-24-17-25-29(57-3)19-27(47-39(54)28-15-10-16-50(28)41(55)43(44,45)46)35(58-20-22-11-6-4-7-12-22)31(25)34(51)30(24)37(52)42(26,56)38(53)32-36(33)60-48-40(32)59-21-23-13-8-5-9-14-23/h4-9,11-14,19,24,26,28,33,52,56H,10,15-18,20-21H2,1-3H3,(H,47,54)/t24-,26-,28-,33-,42-/m0/s1. The monoisotopic (exact) mass is 830 g/mol. The van der Waals surface area contributed by atoms with E-state index in [2.05, 4.69) is 10.5 Å². The van der Waals surface area contributed by atoms with E-state index in [0.29, 0.717) is 16.0 Å². The Morgan fingerprint density at radius 3 is 2.28 bits per heavy atom. The number of alkyl halides is 3. The van der Waals surface area contributed by atoms with E-state index in [1.165, 1.54) is 13.2 Å². The third-order valence-electron chi connectivity index (χ3n) is 11.8. The van der Waals surface area contributed by atoms with E-state index in [1.807, 2.05) is 30.3 Å². The van der Waals surface area contributed by atoms with Crippen LogP contribution < -0.4 is 19.5 Å². The molecule has 4 aliphatic rings. The number of hydrogen-bond acceptors (Lipinski definition) is 12. The van der Waals surface area contributed by atoms with Crippen LogP contribution in [-0.2, 0) is 29.2 Å². The summed E-state index contributed by atoms with van der Waals surface area (Å²) >= 11 is 0. The van der Waals surface area contributed by atoms with E-state index < -0.39 is 64.8 Å². The molecular weight excluding hydrogens is 789 g/mol. The zero-order chi connectivity index (χ0) is 42.7. The Labute approximate surface area is 341 Å². The number of anilines is 1. The number of nitrogens with zero attached hydrogens (tertiary/aromatic N) is 3. The predicted octanol–water partition coefficient (Wildman–Crippen LogP) is 5.75. The van der Waals surface area contributed by atoms with Crippen LogP contribution >= 0.6 is 0 Å². The van der Waals surface area contributed by atoms with Gasteiger partial charge >= 0.3 is 12.1 Å². The number of allylic oxidation sites excluding steroid dienone is 1. The predicted molar refractivity (Wildman–Crippen MR) is 205 cm³/mol. The summed E-state index contributed by atoms with van der Waals surface area (Å²) in [5.74, 6) is -7.70. The van der Waals surface area contributed by atoms with Crippen LogP contribution in [0.25, 0.3) is 0 Å². The average molecular weight is 831 g/mol. The number of rotatable bonds is 10. The lowest BCUT2D eigenvalue weighted by molar-refractivity contribution is -0.186. The number of carbonyl (C=O) groups excluding carboxylic acids is 4. The average Bonchev–Trinajstić information content (AvgIpc) is 3.89. The summed E-state index contributed by atoms with van der Waals surface area (Å²) in [7, 11) is 4.77. The fraction of sp³-hybridized carbons (Fsp3) is 0.372. The highest BCUT2D eigenvalue weighted by Crippen LogP contribution is 2.57. The third-order valence-corrected chi connectivity index (χ3v) is 11.8. The molecule has 1 fully saturated rings. The summed E-state index contributed by atoms with van der Waals surface area (Å²) in [5, 5.41) is 31.5. The van der Waals surface area contributed by atoms with Crippen molar-refractivity contribution < 1.29 is 61.3 Å². The summed E-state index contributed by atoms with van der Waals surface area (Å²) < 4.78 is 64.2. The van der Waals surface area contributed by atoms with Crippen LogP contribution in [0.1, 0.15) is 68.5 Å². The van der Waals surface area contributed by atoms with Gasteiger partial charge in [0.05, 0.1) is 24.4 Å². The van der Waals surface area contributed by atoms with Crippen molar-refractivity contribution in [1.29, 1.82) is 0 Å². The van der Waals surface area contributed by atoms with E-state index in [1.54, 1.807) is 49.3 Å². The Bertz CT molecular complexity index is 2400. The molecule has 314 valence electrons. The van der Waals surface area contributed by atoms with E-state index >= 15 is 4.79 Å². The number of amides is 2. The number of aliphatic hydroxyl groups is 2. The number of Topliss-reactive ketones (excluding diaryl/α,β-unsaturated/α-hetero) is 2. The molecule has 17 heteroatoms. The first kappa shape index (κ1) is 40.6. The Kier molecular flexibility index (Phi) is 10.4. The highest BCUT2D eigenvalue weighted by atomic mass is 19.4. The van der Waals surface area contributed by atoms with E-state index in [-0.39, 0.29) is 91.0 Å². The van der Waals surface area contributed by atoms with Crippen molar-refractivity contribution in [1.82, 2.24) is 15.0 Å². The first-order chi connectivity index (χ1) is 28.6. The molecular formula is C43H41F3N4O10. The van der Waals surface area contributed by atoms with Crippen molar-refractivity contribution in [2.75, 3.05) is 33.1 Å². The number of hydrogen-bond donors (Lipinski definition) is 3. The Hall–Kier alpha value is -6.20. The molecule has 5 atom stereocenters. The molecule has 3 aromatic carbocycles. The number of likely N-dealkylation sites (tertiary alicyclic amines) is 1. The Balaban J connectivity index is 1.22. The number of fused-ring (bicyclic) bond motifs is 4. The molecule has 3 aliphatic carbocycles. The number of benzene rings is 3. The fourth-order valence-corrected chi connectivity index (χ4v) is 9.09. The topological polar surface area (TPSA) is 181 Å². The molecule has 60 heavy (non-hydrogen) atoms. The van der Waals surface area contributed by atoms with Crippen LogP contribution in [0.2, 0.25) is 0 Å². The molecule has 14 nitrogen and oxygen atoms in total. The molecule has 0 spiro atoms. The molecule has 0 unspecified atom stereocenters. The van der Waals surface area contributed by atoms with Crippen LogP contribution in [-0.4, -0.2) is 94.1 Å². The molecule has 0 radical (unpaired) electrons. The molecule has 0 saturated carbocycles. The van der Waals surface area contributed by atoms with Gasteiger partial charge in [0.25, 0.3) is 5.88 Å². The zero-order valence-corrected chi connectivity index (χ0v) is 32.7. The van der Waals surface area contributed by atoms with Gasteiger partial charge in [0.1, 0.15) is 36.3 Å². The summed E-state index contributed by atoms with van der Waals surface area (Å²) in [6.07, 6.45) is -5.05. The van der Waals surface area contributed by atoms with Gasteiger partial charge in [-0.15, -0.1) is 0 Å². The van der Waals surface area contributed by atoms with Gasteiger partial charge in [-0.3, -0.25) is 24.1 Å². The Morgan fingerprint density at radius 1 is 1.02 bits per heavy atom. The number of ketones is 2. The first-order valence-corrected chi connectivity index (χ1v) is 19.3. The van der Waals surface area contributed by atoms with Crippen LogP contribution in [0.3, 0.4) is 0 Å². The molecule has 2 amide bonds. The molecule has 8 rings (SSSR count). The lowest BCUT2D eigenvalue weighted by Crippen LogP contribution is -2.59. The van der Waals surface area contributed by atoms with E-state index in [4.69, 9.17) is 18.7 Å². The van der Waals surface area contributed by atoms with Gasteiger partial charge in [-0.25, -0.2) is 0 Å². The SMILES string of the molecule is COc1cc(NC(=O)[C@@H]2CCCN2C(=O)C(F)(F)F)c(OCc2ccccc2)c2c1C[C@H]1C[C@H]3[C@H](N(C)C)c4onc(OCc5ccccc5)c4C(=O)[C@@]3(O)C(O)=C1C2=O. The van der Waals surface area contributed by atoms with Gasteiger partial charge in [0, 0.05) is 29.7 Å².